The molecule has 0 aliphatic rings. The average molecular weight is 213 g/mol. The summed E-state index contributed by atoms with van der Waals surface area (Å²) >= 11 is 0. The molecule has 7 heteroatoms. The molecular formula is C8H11N3O4. The minimum absolute atomic E-state index is 0.0573. The Bertz CT molecular complexity index is 372. The van der Waals surface area contributed by atoms with E-state index in [0.29, 0.717) is 0 Å². The van der Waals surface area contributed by atoms with E-state index in [1.807, 2.05) is 0 Å². The van der Waals surface area contributed by atoms with Crippen LogP contribution in [0.15, 0.2) is 15.8 Å². The number of esters is 1. The Kier molecular flexibility index (Phi) is 3.67. The molecule has 0 saturated carbocycles. The highest BCUT2D eigenvalue weighted by atomic mass is 16.6. The molecule has 0 saturated heterocycles. The van der Waals surface area contributed by atoms with Crippen LogP contribution in [0.5, 0.6) is 0 Å². The minimum atomic E-state index is -0.646. The molecule has 2 N–H and O–H groups in total. The van der Waals surface area contributed by atoms with Crippen LogP contribution in [0.2, 0.25) is 0 Å². The Morgan fingerprint density at radius 1 is 1.73 bits per heavy atom. The third kappa shape index (κ3) is 2.70. The summed E-state index contributed by atoms with van der Waals surface area (Å²) in [5, 5.41) is 3.49. The number of oxime groups is 1. The summed E-state index contributed by atoms with van der Waals surface area (Å²) in [6, 6.07) is -0.0573. The van der Waals surface area contributed by atoms with Gasteiger partial charge in [-0.05, 0) is 6.92 Å². The van der Waals surface area contributed by atoms with Gasteiger partial charge in [0.15, 0.2) is 0 Å². The molecule has 0 amide bonds. The van der Waals surface area contributed by atoms with Crippen LogP contribution in [0.1, 0.15) is 12.6 Å². The van der Waals surface area contributed by atoms with Crippen LogP contribution < -0.4 is 5.73 Å². The number of carbonyl (C=O) groups excluding carboxylic acids is 1. The molecule has 7 nitrogen and oxygen atoms in total. The molecular weight excluding hydrogens is 202 g/mol. The zero-order valence-corrected chi connectivity index (χ0v) is 8.39. The molecule has 1 aromatic heterocycles. The van der Waals surface area contributed by atoms with Crippen LogP contribution in [0.3, 0.4) is 0 Å². The fourth-order valence-corrected chi connectivity index (χ4v) is 0.876. The van der Waals surface area contributed by atoms with Gasteiger partial charge in [-0.15, -0.1) is 0 Å². The van der Waals surface area contributed by atoms with E-state index in [4.69, 9.17) is 14.9 Å². The molecule has 0 radical (unpaired) electrons. The van der Waals surface area contributed by atoms with Gasteiger partial charge >= 0.3 is 5.97 Å². The molecule has 1 rings (SSSR count). The van der Waals surface area contributed by atoms with E-state index in [9.17, 15) is 4.79 Å². The number of carbonyl (C=O) groups is 1. The zero-order chi connectivity index (χ0) is 11.3. The number of hydrogen-bond donors (Lipinski definition) is 1. The predicted octanol–water partition coefficient (Wildman–Crippen LogP) is 0.170. The van der Waals surface area contributed by atoms with E-state index in [1.165, 1.54) is 13.4 Å². The van der Waals surface area contributed by atoms with Gasteiger partial charge in [0, 0.05) is 0 Å². The Labute approximate surface area is 85.8 Å². The number of hydrogen-bond acceptors (Lipinski definition) is 7. The lowest BCUT2D eigenvalue weighted by Gasteiger charge is -2.01. The Hall–Kier alpha value is -2.05. The maximum atomic E-state index is 11.4. The second kappa shape index (κ2) is 4.99. The lowest BCUT2D eigenvalue weighted by Crippen LogP contribution is -2.19. The van der Waals surface area contributed by atoms with Gasteiger partial charge in [0.05, 0.1) is 6.61 Å². The van der Waals surface area contributed by atoms with E-state index >= 15 is 0 Å². The molecule has 1 heterocycles. The zero-order valence-electron chi connectivity index (χ0n) is 8.39. The first-order chi connectivity index (χ1) is 7.19. The van der Waals surface area contributed by atoms with Gasteiger partial charge in [-0.3, -0.25) is 0 Å². The molecule has 82 valence electrons. The lowest BCUT2D eigenvalue weighted by atomic mass is 10.3. The number of ether oxygens (including phenoxy) is 1. The number of nitrogens with zero attached hydrogens (tertiary/aromatic N) is 2. The molecule has 0 spiro atoms. The van der Waals surface area contributed by atoms with Crippen molar-refractivity contribution in [1.82, 2.24) is 4.98 Å². The molecule has 15 heavy (non-hydrogen) atoms. The molecule has 0 atom stereocenters. The van der Waals surface area contributed by atoms with Crippen LogP contribution in [0.25, 0.3) is 0 Å². The summed E-state index contributed by atoms with van der Waals surface area (Å²) in [5.41, 5.74) is 5.35. The summed E-state index contributed by atoms with van der Waals surface area (Å²) in [5.74, 6) is -0.646. The molecule has 0 bridgehead atoms. The number of aromatic nitrogens is 1. The number of oxazole rings is 1. The fraction of sp³-hybridized carbons (Fsp3) is 0.375. The Morgan fingerprint density at radius 3 is 2.93 bits per heavy atom. The lowest BCUT2D eigenvalue weighted by molar-refractivity contribution is -0.135. The summed E-state index contributed by atoms with van der Waals surface area (Å²) in [6.45, 7) is 1.91. The molecule has 0 fully saturated rings. The molecule has 0 aliphatic heterocycles. The van der Waals surface area contributed by atoms with Gasteiger partial charge in [0.2, 0.25) is 5.71 Å². The Balaban J connectivity index is 2.93. The second-order valence-electron chi connectivity index (χ2n) is 2.41. The van der Waals surface area contributed by atoms with Crippen molar-refractivity contribution in [3.63, 3.8) is 0 Å². The standard InChI is InChI=1S/C8H11N3O4/c1-3-14-7(12)6(11-13-2)5-4-15-8(9)10-5/h4H,3H2,1-2H3,(H2,9,10). The maximum Gasteiger partial charge on any atom is 0.362 e. The van der Waals surface area contributed by atoms with Gasteiger partial charge in [0.25, 0.3) is 6.01 Å². The smallest absolute Gasteiger partial charge is 0.362 e. The van der Waals surface area contributed by atoms with Crippen molar-refractivity contribution in [3.05, 3.63) is 12.0 Å². The highest BCUT2D eigenvalue weighted by Crippen LogP contribution is 2.06. The highest BCUT2D eigenvalue weighted by Gasteiger charge is 2.20. The first kappa shape index (κ1) is 11.0. The van der Waals surface area contributed by atoms with Crippen LogP contribution in [-0.4, -0.2) is 30.4 Å². The van der Waals surface area contributed by atoms with Crippen LogP contribution in [-0.2, 0) is 14.4 Å². The van der Waals surface area contributed by atoms with Gasteiger partial charge in [-0.2, -0.15) is 4.98 Å². The van der Waals surface area contributed by atoms with Gasteiger partial charge < -0.3 is 19.7 Å². The van der Waals surface area contributed by atoms with Crippen molar-refractivity contribution in [3.8, 4) is 0 Å². The monoisotopic (exact) mass is 213 g/mol. The summed E-state index contributed by atoms with van der Waals surface area (Å²) < 4.78 is 9.49. The largest absolute Gasteiger partial charge is 0.461 e. The first-order valence-corrected chi connectivity index (χ1v) is 4.18. The first-order valence-electron chi connectivity index (χ1n) is 4.18. The van der Waals surface area contributed by atoms with Crippen molar-refractivity contribution in [1.29, 1.82) is 0 Å². The second-order valence-corrected chi connectivity index (χ2v) is 2.41. The number of nitrogens with two attached hydrogens (primary N) is 1. The third-order valence-electron chi connectivity index (χ3n) is 1.42. The summed E-state index contributed by atoms with van der Waals surface area (Å²) in [4.78, 5) is 19.6. The van der Waals surface area contributed by atoms with E-state index in [-0.39, 0.29) is 24.0 Å². The third-order valence-corrected chi connectivity index (χ3v) is 1.42. The highest BCUT2D eigenvalue weighted by molar-refractivity contribution is 6.42. The summed E-state index contributed by atoms with van der Waals surface area (Å²) in [7, 11) is 1.31. The van der Waals surface area contributed by atoms with E-state index in [1.54, 1.807) is 6.92 Å². The number of nitrogen functional groups attached to an aromatic ring is 1. The Morgan fingerprint density at radius 2 is 2.47 bits per heavy atom. The van der Waals surface area contributed by atoms with Crippen LogP contribution >= 0.6 is 0 Å². The van der Waals surface area contributed by atoms with E-state index < -0.39 is 5.97 Å². The minimum Gasteiger partial charge on any atom is -0.461 e. The summed E-state index contributed by atoms with van der Waals surface area (Å²) in [6.07, 6.45) is 1.20. The molecule has 0 aliphatic carbocycles. The van der Waals surface area contributed by atoms with Crippen molar-refractivity contribution < 1.29 is 18.8 Å². The average Bonchev–Trinajstić information content (AvgIpc) is 2.61. The van der Waals surface area contributed by atoms with Gasteiger partial charge in [-0.1, -0.05) is 5.16 Å². The van der Waals surface area contributed by atoms with Crippen molar-refractivity contribution >= 4 is 17.7 Å². The topological polar surface area (TPSA) is 99.9 Å². The molecule has 0 aromatic carbocycles. The molecule has 0 unspecified atom stereocenters. The normalized spacial score (nSPS) is 11.2. The van der Waals surface area contributed by atoms with Crippen LogP contribution in [0, 0.1) is 0 Å². The van der Waals surface area contributed by atoms with Gasteiger partial charge in [0.1, 0.15) is 19.1 Å². The number of rotatable bonds is 4. The number of anilines is 1. The quantitative estimate of drug-likeness (QED) is 0.434. The van der Waals surface area contributed by atoms with Crippen LogP contribution in [0.4, 0.5) is 6.01 Å². The van der Waals surface area contributed by atoms with Gasteiger partial charge in [-0.25, -0.2) is 4.79 Å². The van der Waals surface area contributed by atoms with E-state index in [2.05, 4.69) is 15.0 Å². The fourth-order valence-electron chi connectivity index (χ4n) is 0.876. The van der Waals surface area contributed by atoms with Crippen molar-refractivity contribution in [2.75, 3.05) is 19.5 Å². The maximum absolute atomic E-state index is 11.4. The van der Waals surface area contributed by atoms with E-state index in [0.717, 1.165) is 0 Å². The molecule has 1 aromatic rings. The van der Waals surface area contributed by atoms with Crippen molar-refractivity contribution in [2.45, 2.75) is 6.92 Å². The SMILES string of the molecule is CCOC(=O)C(=NOC)c1coc(N)n1. The predicted molar refractivity (Wildman–Crippen MR) is 51.1 cm³/mol. The van der Waals surface area contributed by atoms with Crippen molar-refractivity contribution in [2.24, 2.45) is 5.16 Å².